The molecule has 0 spiro atoms. The van der Waals surface area contributed by atoms with Gasteiger partial charge in [0.25, 0.3) is 0 Å². The molecule has 0 aliphatic carbocycles. The molecule has 2 aliphatic rings. The van der Waals surface area contributed by atoms with E-state index >= 15 is 0 Å². The van der Waals surface area contributed by atoms with Gasteiger partial charge < -0.3 is 4.98 Å². The van der Waals surface area contributed by atoms with Gasteiger partial charge >= 0.3 is 0 Å². The van der Waals surface area contributed by atoms with Crippen LogP contribution in [0.1, 0.15) is 24.8 Å². The van der Waals surface area contributed by atoms with Gasteiger partial charge in [-0.05, 0) is 49.6 Å². The molecule has 3 heteroatoms. The fourth-order valence-corrected chi connectivity index (χ4v) is 3.51. The first-order chi connectivity index (χ1) is 9.31. The van der Waals surface area contributed by atoms with Crippen LogP contribution in [0.5, 0.6) is 0 Å². The fraction of sp³-hybridized carbons (Fsp3) is 0.375. The van der Waals surface area contributed by atoms with E-state index in [2.05, 4.69) is 16.0 Å². The van der Waals surface area contributed by atoms with Gasteiger partial charge in [-0.1, -0.05) is 6.08 Å². The zero-order valence-corrected chi connectivity index (χ0v) is 10.8. The summed E-state index contributed by atoms with van der Waals surface area (Å²) in [6.07, 6.45) is 8.06. The SMILES string of the molecule is Fc1ccc2[nH]cc(C3=CCN4CCCC4C3)c2c1. The molecule has 1 atom stereocenters. The van der Waals surface area contributed by atoms with E-state index < -0.39 is 0 Å². The van der Waals surface area contributed by atoms with E-state index in [1.165, 1.54) is 36.6 Å². The fourth-order valence-electron chi connectivity index (χ4n) is 3.51. The lowest BCUT2D eigenvalue weighted by Crippen LogP contribution is -2.32. The minimum atomic E-state index is -0.160. The second kappa shape index (κ2) is 4.20. The number of hydrogen-bond acceptors (Lipinski definition) is 1. The average molecular weight is 256 g/mol. The second-order valence-electron chi connectivity index (χ2n) is 5.62. The molecule has 1 unspecified atom stereocenters. The van der Waals surface area contributed by atoms with E-state index in [9.17, 15) is 4.39 Å². The minimum absolute atomic E-state index is 0.160. The summed E-state index contributed by atoms with van der Waals surface area (Å²) >= 11 is 0. The van der Waals surface area contributed by atoms with Crippen LogP contribution in [0, 0.1) is 5.82 Å². The van der Waals surface area contributed by atoms with Crippen molar-refractivity contribution in [2.75, 3.05) is 13.1 Å². The van der Waals surface area contributed by atoms with E-state index in [-0.39, 0.29) is 5.82 Å². The Bertz CT molecular complexity index is 656. The Hall–Kier alpha value is -1.61. The van der Waals surface area contributed by atoms with Crippen LogP contribution < -0.4 is 0 Å². The van der Waals surface area contributed by atoms with Gasteiger partial charge in [-0.2, -0.15) is 0 Å². The van der Waals surface area contributed by atoms with Crippen LogP contribution >= 0.6 is 0 Å². The lowest BCUT2D eigenvalue weighted by molar-refractivity contribution is 0.275. The van der Waals surface area contributed by atoms with Crippen molar-refractivity contribution < 1.29 is 4.39 Å². The quantitative estimate of drug-likeness (QED) is 0.826. The molecule has 98 valence electrons. The van der Waals surface area contributed by atoms with Crippen molar-refractivity contribution in [1.82, 2.24) is 9.88 Å². The molecule has 4 rings (SSSR count). The smallest absolute Gasteiger partial charge is 0.123 e. The topological polar surface area (TPSA) is 19.0 Å². The third-order valence-electron chi connectivity index (χ3n) is 4.52. The highest BCUT2D eigenvalue weighted by Crippen LogP contribution is 2.35. The first-order valence-electron chi connectivity index (χ1n) is 7.01. The van der Waals surface area contributed by atoms with E-state index in [1.54, 1.807) is 6.07 Å². The second-order valence-corrected chi connectivity index (χ2v) is 5.62. The lowest BCUT2D eigenvalue weighted by Gasteiger charge is -2.29. The Kier molecular flexibility index (Phi) is 2.49. The minimum Gasteiger partial charge on any atom is -0.361 e. The summed E-state index contributed by atoms with van der Waals surface area (Å²) in [5, 5.41) is 1.01. The standard InChI is InChI=1S/C16H17FN2/c17-12-3-4-16-14(9-12)15(10-18-16)11-5-7-19-6-1-2-13(19)8-11/h3-5,9-10,13,18H,1-2,6-8H2. The van der Waals surface area contributed by atoms with E-state index in [0.29, 0.717) is 6.04 Å². The summed E-state index contributed by atoms with van der Waals surface area (Å²) in [4.78, 5) is 5.81. The van der Waals surface area contributed by atoms with Crippen molar-refractivity contribution in [2.45, 2.75) is 25.3 Å². The molecule has 2 aliphatic heterocycles. The zero-order valence-electron chi connectivity index (χ0n) is 10.8. The van der Waals surface area contributed by atoms with E-state index in [4.69, 9.17) is 0 Å². The van der Waals surface area contributed by atoms with Gasteiger partial charge in [0.05, 0.1) is 0 Å². The molecule has 3 heterocycles. The van der Waals surface area contributed by atoms with Crippen LogP contribution in [0.15, 0.2) is 30.5 Å². The summed E-state index contributed by atoms with van der Waals surface area (Å²) in [6, 6.07) is 5.66. The molecule has 1 saturated heterocycles. The molecule has 1 N–H and O–H groups in total. The monoisotopic (exact) mass is 256 g/mol. The molecule has 2 nitrogen and oxygen atoms in total. The van der Waals surface area contributed by atoms with Crippen molar-refractivity contribution >= 4 is 16.5 Å². The van der Waals surface area contributed by atoms with Gasteiger partial charge in [-0.15, -0.1) is 0 Å². The van der Waals surface area contributed by atoms with E-state index in [0.717, 1.165) is 23.9 Å². The van der Waals surface area contributed by atoms with Crippen molar-refractivity contribution in [1.29, 1.82) is 0 Å². The Balaban J connectivity index is 1.76. The molecule has 1 aromatic heterocycles. The highest BCUT2D eigenvalue weighted by molar-refractivity contribution is 5.92. The van der Waals surface area contributed by atoms with Gasteiger partial charge in [-0.3, -0.25) is 4.90 Å². The van der Waals surface area contributed by atoms with Gasteiger partial charge in [0.15, 0.2) is 0 Å². The molecular weight excluding hydrogens is 239 g/mol. The highest BCUT2D eigenvalue weighted by Gasteiger charge is 2.28. The number of aromatic amines is 1. The number of nitrogens with one attached hydrogen (secondary N) is 1. The first kappa shape index (κ1) is 11.2. The van der Waals surface area contributed by atoms with Gasteiger partial charge in [0.1, 0.15) is 5.82 Å². The van der Waals surface area contributed by atoms with Crippen molar-refractivity contribution in [3.8, 4) is 0 Å². The Morgan fingerprint density at radius 2 is 2.26 bits per heavy atom. The van der Waals surface area contributed by atoms with Crippen molar-refractivity contribution in [3.05, 3.63) is 41.9 Å². The van der Waals surface area contributed by atoms with E-state index in [1.807, 2.05) is 12.3 Å². The van der Waals surface area contributed by atoms with Crippen LogP contribution in [0.4, 0.5) is 4.39 Å². The lowest BCUT2D eigenvalue weighted by atomic mass is 9.94. The molecule has 19 heavy (non-hydrogen) atoms. The average Bonchev–Trinajstić information content (AvgIpc) is 3.03. The normalized spacial score (nSPS) is 23.6. The number of hydrogen-bond donors (Lipinski definition) is 1. The number of benzene rings is 1. The van der Waals surface area contributed by atoms with Gasteiger partial charge in [0, 0.05) is 35.2 Å². The van der Waals surface area contributed by atoms with Crippen LogP contribution in [0.3, 0.4) is 0 Å². The number of halogens is 1. The van der Waals surface area contributed by atoms with Gasteiger partial charge in [0.2, 0.25) is 0 Å². The molecule has 0 saturated carbocycles. The Morgan fingerprint density at radius 1 is 1.32 bits per heavy atom. The maximum Gasteiger partial charge on any atom is 0.123 e. The molecule has 1 fully saturated rings. The largest absolute Gasteiger partial charge is 0.361 e. The third kappa shape index (κ3) is 1.80. The molecule has 0 amide bonds. The summed E-state index contributed by atoms with van der Waals surface area (Å²) < 4.78 is 13.4. The Morgan fingerprint density at radius 3 is 3.21 bits per heavy atom. The highest BCUT2D eigenvalue weighted by atomic mass is 19.1. The Labute approximate surface area is 111 Å². The number of rotatable bonds is 1. The maximum atomic E-state index is 13.4. The molecular formula is C16H17FN2. The van der Waals surface area contributed by atoms with Crippen molar-refractivity contribution in [2.24, 2.45) is 0 Å². The zero-order chi connectivity index (χ0) is 12.8. The molecule has 2 aromatic rings. The third-order valence-corrected chi connectivity index (χ3v) is 4.52. The van der Waals surface area contributed by atoms with Crippen LogP contribution in [-0.4, -0.2) is 29.0 Å². The predicted molar refractivity (Wildman–Crippen MR) is 75.4 cm³/mol. The van der Waals surface area contributed by atoms with Crippen molar-refractivity contribution in [3.63, 3.8) is 0 Å². The van der Waals surface area contributed by atoms with Crippen LogP contribution in [0.25, 0.3) is 16.5 Å². The van der Waals surface area contributed by atoms with Gasteiger partial charge in [-0.25, -0.2) is 4.39 Å². The first-order valence-corrected chi connectivity index (χ1v) is 7.01. The predicted octanol–water partition coefficient (Wildman–Crippen LogP) is 3.56. The van der Waals surface area contributed by atoms with Crippen LogP contribution in [-0.2, 0) is 0 Å². The number of H-pyrrole nitrogens is 1. The molecule has 0 bridgehead atoms. The number of fused-ring (bicyclic) bond motifs is 2. The molecule has 0 radical (unpaired) electrons. The summed E-state index contributed by atoms with van der Waals surface area (Å²) in [5.41, 5.74) is 3.58. The summed E-state index contributed by atoms with van der Waals surface area (Å²) in [6.45, 7) is 2.28. The summed E-state index contributed by atoms with van der Waals surface area (Å²) in [7, 11) is 0. The molecule has 1 aromatic carbocycles. The number of nitrogens with zero attached hydrogens (tertiary/aromatic N) is 1. The number of aromatic nitrogens is 1. The summed E-state index contributed by atoms with van der Waals surface area (Å²) in [5.74, 6) is -0.160. The van der Waals surface area contributed by atoms with Crippen LogP contribution in [0.2, 0.25) is 0 Å². The maximum absolute atomic E-state index is 13.4.